The molecule has 0 aliphatic heterocycles. The van der Waals surface area contributed by atoms with Gasteiger partial charge in [0.2, 0.25) is 0 Å². The van der Waals surface area contributed by atoms with E-state index in [1.54, 1.807) is 5.37 Å². The van der Waals surface area contributed by atoms with Crippen molar-refractivity contribution >= 4 is 17.6 Å². The summed E-state index contributed by atoms with van der Waals surface area (Å²) >= 11 is 5.34. The van der Waals surface area contributed by atoms with Crippen molar-refractivity contribution < 1.29 is 4.74 Å². The summed E-state index contributed by atoms with van der Waals surface area (Å²) in [6.45, 7) is 14.6. The van der Waals surface area contributed by atoms with Gasteiger partial charge in [0, 0.05) is 37.1 Å². The molecule has 0 radical (unpaired) electrons. The van der Waals surface area contributed by atoms with Crippen LogP contribution in [0.2, 0.25) is 0 Å². The Bertz CT molecular complexity index is 456. The van der Waals surface area contributed by atoms with Crippen molar-refractivity contribution in [2.75, 3.05) is 26.2 Å². The Hall–Kier alpha value is -0.810. The van der Waals surface area contributed by atoms with Crippen molar-refractivity contribution in [3.8, 4) is 0 Å². The molecule has 1 aromatic rings. The zero-order chi connectivity index (χ0) is 18.0. The highest BCUT2D eigenvalue weighted by molar-refractivity contribution is 7.79. The van der Waals surface area contributed by atoms with Crippen molar-refractivity contribution in [2.45, 2.75) is 58.7 Å². The Balaban J connectivity index is 2.56. The van der Waals surface area contributed by atoms with Crippen LogP contribution in [-0.4, -0.2) is 48.6 Å². The van der Waals surface area contributed by atoms with E-state index in [2.05, 4.69) is 50.0 Å². The smallest absolute Gasteiger partial charge is 0.122 e. The summed E-state index contributed by atoms with van der Waals surface area (Å²) in [4.78, 5) is 2.50. The number of nitrogens with zero attached hydrogens (tertiary/aromatic N) is 1. The van der Waals surface area contributed by atoms with Crippen molar-refractivity contribution in [1.82, 2.24) is 10.2 Å². The van der Waals surface area contributed by atoms with Crippen molar-refractivity contribution in [2.24, 2.45) is 0 Å². The van der Waals surface area contributed by atoms with E-state index in [0.717, 1.165) is 31.6 Å². The first-order chi connectivity index (χ1) is 11.5. The summed E-state index contributed by atoms with van der Waals surface area (Å²) in [5, 5.41) is 5.34. The average molecular weight is 351 g/mol. The van der Waals surface area contributed by atoms with E-state index < -0.39 is 5.60 Å². The maximum absolute atomic E-state index is 6.06. The Morgan fingerprint density at radius 1 is 1.12 bits per heavy atom. The maximum Gasteiger partial charge on any atom is 0.122 e. The van der Waals surface area contributed by atoms with Crippen LogP contribution in [0.5, 0.6) is 0 Å². The lowest BCUT2D eigenvalue weighted by atomic mass is 9.92. The molecule has 0 heterocycles. The van der Waals surface area contributed by atoms with E-state index in [4.69, 9.17) is 17.0 Å². The lowest BCUT2D eigenvalue weighted by Gasteiger charge is -2.32. The van der Waals surface area contributed by atoms with Gasteiger partial charge >= 0.3 is 0 Å². The van der Waals surface area contributed by atoms with E-state index >= 15 is 0 Å². The molecule has 1 aromatic carbocycles. The zero-order valence-electron chi connectivity index (χ0n) is 15.9. The SMILES string of the molecule is CCOC(C=S)(CCNCCN(C(C)C)C(C)C)c1ccccc1. The topological polar surface area (TPSA) is 24.5 Å². The molecule has 0 saturated heterocycles. The molecule has 4 heteroatoms. The van der Waals surface area contributed by atoms with Gasteiger partial charge in [0.25, 0.3) is 0 Å². The molecule has 3 nitrogen and oxygen atoms in total. The first-order valence-corrected chi connectivity index (χ1v) is 9.56. The van der Waals surface area contributed by atoms with E-state index in [0.29, 0.717) is 18.7 Å². The predicted octanol–water partition coefficient (Wildman–Crippen LogP) is 4.02. The lowest BCUT2D eigenvalue weighted by molar-refractivity contribution is 0.0112. The minimum atomic E-state index is -0.478. The molecule has 1 N–H and O–H groups in total. The predicted molar refractivity (Wildman–Crippen MR) is 108 cm³/mol. The highest BCUT2D eigenvalue weighted by Crippen LogP contribution is 2.27. The third-order valence-corrected chi connectivity index (χ3v) is 4.78. The van der Waals surface area contributed by atoms with E-state index in [1.807, 2.05) is 25.1 Å². The van der Waals surface area contributed by atoms with Gasteiger partial charge in [-0.25, -0.2) is 0 Å². The highest BCUT2D eigenvalue weighted by atomic mass is 32.1. The number of hydrogen-bond acceptors (Lipinski definition) is 4. The Morgan fingerprint density at radius 3 is 2.25 bits per heavy atom. The molecule has 0 amide bonds. The van der Waals surface area contributed by atoms with Crippen LogP contribution in [0.4, 0.5) is 0 Å². The molecule has 1 atom stereocenters. The van der Waals surface area contributed by atoms with Crippen LogP contribution in [0.1, 0.15) is 46.6 Å². The van der Waals surface area contributed by atoms with Crippen LogP contribution in [0.25, 0.3) is 0 Å². The standard InChI is InChI=1S/C20H34N2OS/c1-6-23-20(16-24,19-10-8-7-9-11-19)12-13-21-14-15-22(17(2)3)18(4)5/h7-11,16-18,21H,6,12-15H2,1-5H3. The number of thiocarbonyl (C=S) groups is 1. The molecule has 0 spiro atoms. The van der Waals surface area contributed by atoms with E-state index in [9.17, 15) is 0 Å². The third-order valence-electron chi connectivity index (χ3n) is 4.40. The normalized spacial score (nSPS) is 14.3. The largest absolute Gasteiger partial charge is 0.366 e. The van der Waals surface area contributed by atoms with Gasteiger partial charge in [-0.1, -0.05) is 42.5 Å². The summed E-state index contributed by atoms with van der Waals surface area (Å²) in [7, 11) is 0. The second kappa shape index (κ2) is 10.9. The monoisotopic (exact) mass is 350 g/mol. The fourth-order valence-corrected chi connectivity index (χ4v) is 3.48. The van der Waals surface area contributed by atoms with Crippen LogP contribution in [0, 0.1) is 0 Å². The minimum Gasteiger partial charge on any atom is -0.366 e. The Kier molecular flexibility index (Phi) is 9.67. The number of nitrogens with one attached hydrogen (secondary N) is 1. The van der Waals surface area contributed by atoms with E-state index in [1.165, 1.54) is 0 Å². The quantitative estimate of drug-likeness (QED) is 0.455. The highest BCUT2D eigenvalue weighted by Gasteiger charge is 2.29. The van der Waals surface area contributed by atoms with Gasteiger partial charge in [-0.3, -0.25) is 4.90 Å². The summed E-state index contributed by atoms with van der Waals surface area (Å²) in [6.07, 6.45) is 0.845. The maximum atomic E-state index is 6.06. The summed E-state index contributed by atoms with van der Waals surface area (Å²) in [6, 6.07) is 11.4. The molecule has 0 aromatic heterocycles. The zero-order valence-corrected chi connectivity index (χ0v) is 16.7. The van der Waals surface area contributed by atoms with E-state index in [-0.39, 0.29) is 0 Å². The van der Waals surface area contributed by atoms with Crippen molar-refractivity contribution in [1.29, 1.82) is 0 Å². The molecule has 1 unspecified atom stereocenters. The van der Waals surface area contributed by atoms with Gasteiger partial charge in [0.05, 0.1) is 0 Å². The molecule has 1 rings (SSSR count). The molecule has 0 bridgehead atoms. The average Bonchev–Trinajstić information content (AvgIpc) is 2.57. The number of rotatable bonds is 12. The van der Waals surface area contributed by atoms with Crippen LogP contribution in [-0.2, 0) is 10.3 Å². The van der Waals surface area contributed by atoms with Crippen LogP contribution >= 0.6 is 12.2 Å². The lowest BCUT2D eigenvalue weighted by Crippen LogP contribution is -2.42. The van der Waals surface area contributed by atoms with Crippen LogP contribution < -0.4 is 5.32 Å². The van der Waals surface area contributed by atoms with Crippen LogP contribution in [0.3, 0.4) is 0 Å². The Morgan fingerprint density at radius 2 is 1.75 bits per heavy atom. The van der Waals surface area contributed by atoms with Gasteiger partial charge in [0.1, 0.15) is 5.60 Å². The molecule has 24 heavy (non-hydrogen) atoms. The van der Waals surface area contributed by atoms with Gasteiger partial charge in [-0.15, -0.1) is 0 Å². The fraction of sp³-hybridized carbons (Fsp3) is 0.650. The fourth-order valence-electron chi connectivity index (χ4n) is 3.16. The Labute approximate surface area is 153 Å². The minimum absolute atomic E-state index is 0.478. The molecule has 0 saturated carbocycles. The summed E-state index contributed by atoms with van der Waals surface area (Å²) in [5.74, 6) is 0. The van der Waals surface area contributed by atoms with Crippen molar-refractivity contribution in [3.63, 3.8) is 0 Å². The second-order valence-electron chi connectivity index (χ2n) is 6.73. The van der Waals surface area contributed by atoms with Gasteiger partial charge in [-0.05, 0) is 53.1 Å². The second-order valence-corrected chi connectivity index (χ2v) is 6.97. The first-order valence-electron chi connectivity index (χ1n) is 9.09. The molecule has 0 aliphatic carbocycles. The molecular weight excluding hydrogens is 316 g/mol. The van der Waals surface area contributed by atoms with Gasteiger partial charge in [-0.2, -0.15) is 0 Å². The third kappa shape index (κ3) is 6.25. The molecule has 0 fully saturated rings. The van der Waals surface area contributed by atoms with Gasteiger partial charge < -0.3 is 10.1 Å². The number of benzene rings is 1. The summed E-state index contributed by atoms with van der Waals surface area (Å²) < 4.78 is 6.06. The number of ether oxygens (including phenoxy) is 1. The summed E-state index contributed by atoms with van der Waals surface area (Å²) in [5.41, 5.74) is 0.656. The first kappa shape index (κ1) is 21.2. The number of hydrogen-bond donors (Lipinski definition) is 1. The molecule has 0 aliphatic rings. The van der Waals surface area contributed by atoms with Crippen LogP contribution in [0.15, 0.2) is 30.3 Å². The molecule has 136 valence electrons. The van der Waals surface area contributed by atoms with Crippen molar-refractivity contribution in [3.05, 3.63) is 35.9 Å². The molecular formula is C20H34N2OS. The van der Waals surface area contributed by atoms with Gasteiger partial charge in [0.15, 0.2) is 0 Å².